The van der Waals surface area contributed by atoms with Gasteiger partial charge < -0.3 is 15.2 Å². The molecule has 1 rings (SSSR count). The fourth-order valence-electron chi connectivity index (χ4n) is 2.39. The molecule has 0 spiro atoms. The van der Waals surface area contributed by atoms with E-state index in [-0.39, 0.29) is 0 Å². The van der Waals surface area contributed by atoms with Crippen molar-refractivity contribution in [2.24, 2.45) is 5.73 Å². The molecule has 0 radical (unpaired) electrons. The van der Waals surface area contributed by atoms with Crippen LogP contribution in [0, 0.1) is 0 Å². The van der Waals surface area contributed by atoms with E-state index in [9.17, 15) is 0 Å². The lowest BCUT2D eigenvalue weighted by Crippen LogP contribution is -2.52. The van der Waals surface area contributed by atoms with Crippen LogP contribution < -0.4 is 5.73 Å². The number of methoxy groups -OCH3 is 1. The Hall–Kier alpha value is -0.160. The molecule has 0 aromatic carbocycles. The maximum Gasteiger partial charge on any atom is 0.0622 e. The first-order chi connectivity index (χ1) is 7.83. The summed E-state index contributed by atoms with van der Waals surface area (Å²) in [4.78, 5) is 2.54. The Morgan fingerprint density at radius 1 is 1.56 bits per heavy atom. The van der Waals surface area contributed by atoms with Gasteiger partial charge in [0.1, 0.15) is 0 Å². The van der Waals surface area contributed by atoms with E-state index in [0.29, 0.717) is 12.1 Å². The van der Waals surface area contributed by atoms with Crippen molar-refractivity contribution >= 4 is 0 Å². The smallest absolute Gasteiger partial charge is 0.0622 e. The third kappa shape index (κ3) is 4.01. The minimum atomic E-state index is 0.502. The normalized spacial score (nSPS) is 24.6. The lowest BCUT2D eigenvalue weighted by atomic mass is 10.1. The Balaban J connectivity index is 2.51. The van der Waals surface area contributed by atoms with Crippen molar-refractivity contribution in [3.63, 3.8) is 0 Å². The van der Waals surface area contributed by atoms with Gasteiger partial charge in [0.25, 0.3) is 0 Å². The van der Waals surface area contributed by atoms with E-state index in [1.807, 2.05) is 0 Å². The van der Waals surface area contributed by atoms with E-state index < -0.39 is 0 Å². The van der Waals surface area contributed by atoms with Crippen molar-refractivity contribution in [2.75, 3.05) is 40.0 Å². The fraction of sp³-hybridized carbons (Fsp3) is 1.00. The summed E-state index contributed by atoms with van der Waals surface area (Å²) in [5.41, 5.74) is 5.59. The first kappa shape index (κ1) is 13.9. The topological polar surface area (TPSA) is 47.7 Å². The zero-order valence-corrected chi connectivity index (χ0v) is 10.7. The van der Waals surface area contributed by atoms with E-state index in [1.54, 1.807) is 7.11 Å². The van der Waals surface area contributed by atoms with Gasteiger partial charge in [0, 0.05) is 25.7 Å². The van der Waals surface area contributed by atoms with Crippen LogP contribution in [-0.2, 0) is 9.47 Å². The average molecular weight is 230 g/mol. The monoisotopic (exact) mass is 230 g/mol. The molecule has 4 heteroatoms. The molecule has 2 N–H and O–H groups in total. The van der Waals surface area contributed by atoms with E-state index in [4.69, 9.17) is 15.2 Å². The average Bonchev–Trinajstić information content (AvgIpc) is 2.34. The summed E-state index contributed by atoms with van der Waals surface area (Å²) < 4.78 is 10.9. The van der Waals surface area contributed by atoms with E-state index in [0.717, 1.165) is 52.2 Å². The lowest BCUT2D eigenvalue weighted by molar-refractivity contribution is -0.0470. The summed E-state index contributed by atoms with van der Waals surface area (Å²) in [6.07, 6.45) is 3.34. The number of rotatable bonds is 7. The predicted octanol–water partition coefficient (Wildman–Crippen LogP) is 0.851. The van der Waals surface area contributed by atoms with Crippen LogP contribution in [0.5, 0.6) is 0 Å². The molecule has 0 saturated carbocycles. The SMILES string of the molecule is CCC1COCCN1C(CCCN)COC. The number of nitrogens with zero attached hydrogens (tertiary/aromatic N) is 1. The standard InChI is InChI=1S/C12H26N2O2/c1-3-11-10-16-8-7-14(11)12(9-15-2)5-4-6-13/h11-12H,3-10,13H2,1-2H3. The highest BCUT2D eigenvalue weighted by Gasteiger charge is 2.27. The largest absolute Gasteiger partial charge is 0.383 e. The Labute approximate surface area is 99.1 Å². The molecular formula is C12H26N2O2. The first-order valence-corrected chi connectivity index (χ1v) is 6.36. The Morgan fingerprint density at radius 2 is 2.38 bits per heavy atom. The molecule has 1 saturated heterocycles. The molecule has 4 nitrogen and oxygen atoms in total. The summed E-state index contributed by atoms with van der Waals surface area (Å²) >= 11 is 0. The molecule has 0 amide bonds. The van der Waals surface area contributed by atoms with Gasteiger partial charge in [-0.1, -0.05) is 6.92 Å². The van der Waals surface area contributed by atoms with Crippen molar-refractivity contribution in [1.82, 2.24) is 4.90 Å². The highest BCUT2D eigenvalue weighted by atomic mass is 16.5. The first-order valence-electron chi connectivity index (χ1n) is 6.36. The maximum atomic E-state index is 5.59. The van der Waals surface area contributed by atoms with Gasteiger partial charge in [-0.3, -0.25) is 4.90 Å². The van der Waals surface area contributed by atoms with Gasteiger partial charge >= 0.3 is 0 Å². The molecule has 0 bridgehead atoms. The lowest BCUT2D eigenvalue weighted by Gasteiger charge is -2.40. The van der Waals surface area contributed by atoms with E-state index in [1.165, 1.54) is 0 Å². The van der Waals surface area contributed by atoms with E-state index >= 15 is 0 Å². The zero-order valence-electron chi connectivity index (χ0n) is 10.7. The molecule has 1 aliphatic heterocycles. The van der Waals surface area contributed by atoms with Crippen LogP contribution in [0.1, 0.15) is 26.2 Å². The Bertz CT molecular complexity index is 178. The Kier molecular flexibility index (Phi) is 6.96. The molecule has 2 atom stereocenters. The molecule has 1 heterocycles. The number of morpholine rings is 1. The van der Waals surface area contributed by atoms with Crippen LogP contribution in [-0.4, -0.2) is 57.0 Å². The number of hydrogen-bond acceptors (Lipinski definition) is 4. The quantitative estimate of drug-likeness (QED) is 0.704. The number of ether oxygens (including phenoxy) is 2. The fourth-order valence-corrected chi connectivity index (χ4v) is 2.39. The van der Waals surface area contributed by atoms with Gasteiger partial charge in [-0.15, -0.1) is 0 Å². The Morgan fingerprint density at radius 3 is 3.00 bits per heavy atom. The van der Waals surface area contributed by atoms with Crippen LogP contribution in [0.25, 0.3) is 0 Å². The molecule has 16 heavy (non-hydrogen) atoms. The molecule has 1 fully saturated rings. The van der Waals surface area contributed by atoms with Crippen molar-refractivity contribution < 1.29 is 9.47 Å². The number of nitrogens with two attached hydrogens (primary N) is 1. The summed E-state index contributed by atoms with van der Waals surface area (Å²) in [5, 5.41) is 0. The van der Waals surface area contributed by atoms with Crippen LogP contribution in [0.4, 0.5) is 0 Å². The molecule has 1 aliphatic rings. The molecular weight excluding hydrogens is 204 g/mol. The van der Waals surface area contributed by atoms with Gasteiger partial charge in [0.05, 0.1) is 19.8 Å². The highest BCUT2D eigenvalue weighted by Crippen LogP contribution is 2.17. The summed E-state index contributed by atoms with van der Waals surface area (Å²) in [6.45, 7) is 6.52. The third-order valence-corrected chi connectivity index (χ3v) is 3.31. The van der Waals surface area contributed by atoms with Crippen LogP contribution >= 0.6 is 0 Å². The number of hydrogen-bond donors (Lipinski definition) is 1. The molecule has 2 unspecified atom stereocenters. The van der Waals surface area contributed by atoms with Gasteiger partial charge in [0.2, 0.25) is 0 Å². The van der Waals surface area contributed by atoms with Crippen molar-refractivity contribution in [2.45, 2.75) is 38.3 Å². The van der Waals surface area contributed by atoms with Crippen LogP contribution in [0.15, 0.2) is 0 Å². The molecule has 0 aromatic rings. The minimum absolute atomic E-state index is 0.502. The maximum absolute atomic E-state index is 5.59. The summed E-state index contributed by atoms with van der Waals surface area (Å²) in [5.74, 6) is 0. The van der Waals surface area contributed by atoms with Gasteiger partial charge in [0.15, 0.2) is 0 Å². The second-order valence-corrected chi connectivity index (χ2v) is 4.41. The second-order valence-electron chi connectivity index (χ2n) is 4.41. The molecule has 96 valence electrons. The van der Waals surface area contributed by atoms with E-state index in [2.05, 4.69) is 11.8 Å². The second kappa shape index (κ2) is 8.01. The van der Waals surface area contributed by atoms with Crippen molar-refractivity contribution in [3.8, 4) is 0 Å². The zero-order chi connectivity index (χ0) is 11.8. The third-order valence-electron chi connectivity index (χ3n) is 3.31. The molecule has 0 aromatic heterocycles. The summed E-state index contributed by atoms with van der Waals surface area (Å²) in [6, 6.07) is 1.05. The van der Waals surface area contributed by atoms with Crippen LogP contribution in [0.2, 0.25) is 0 Å². The minimum Gasteiger partial charge on any atom is -0.383 e. The van der Waals surface area contributed by atoms with Crippen molar-refractivity contribution in [3.05, 3.63) is 0 Å². The summed E-state index contributed by atoms with van der Waals surface area (Å²) in [7, 11) is 1.77. The molecule has 0 aliphatic carbocycles. The van der Waals surface area contributed by atoms with Gasteiger partial charge in [-0.2, -0.15) is 0 Å². The highest BCUT2D eigenvalue weighted by molar-refractivity contribution is 4.81. The van der Waals surface area contributed by atoms with Gasteiger partial charge in [-0.05, 0) is 25.8 Å². The van der Waals surface area contributed by atoms with Crippen LogP contribution in [0.3, 0.4) is 0 Å². The van der Waals surface area contributed by atoms with Crippen molar-refractivity contribution in [1.29, 1.82) is 0 Å². The predicted molar refractivity (Wildman–Crippen MR) is 65.6 cm³/mol. The van der Waals surface area contributed by atoms with Gasteiger partial charge in [-0.25, -0.2) is 0 Å².